The topological polar surface area (TPSA) is 79.3 Å². The lowest BCUT2D eigenvalue weighted by atomic mass is 9.53. The summed E-state index contributed by atoms with van der Waals surface area (Å²) in [6, 6.07) is 12.3. The molecule has 2 N–H and O–H groups in total. The van der Waals surface area contributed by atoms with Crippen LogP contribution in [-0.4, -0.2) is 58.1 Å². The summed E-state index contributed by atoms with van der Waals surface area (Å²) < 4.78 is 1.99. The summed E-state index contributed by atoms with van der Waals surface area (Å²) in [6.45, 7) is 7.03. The zero-order valence-electron chi connectivity index (χ0n) is 24.4. The zero-order chi connectivity index (χ0) is 27.7. The van der Waals surface area contributed by atoms with Crippen molar-refractivity contribution in [1.82, 2.24) is 20.0 Å². The number of amides is 1. The number of hydrogen-bond donors (Lipinski definition) is 2. The molecule has 1 aromatic heterocycles. The lowest BCUT2D eigenvalue weighted by Gasteiger charge is -2.57. The highest BCUT2D eigenvalue weighted by molar-refractivity contribution is 5.83. The highest BCUT2D eigenvalue weighted by Gasteiger charge is 2.51. The van der Waals surface area contributed by atoms with Crippen molar-refractivity contribution in [3.8, 4) is 5.69 Å². The maximum absolute atomic E-state index is 13.0. The minimum atomic E-state index is 0.0933. The van der Waals surface area contributed by atoms with Crippen LogP contribution >= 0.6 is 0 Å². The second-order valence-corrected chi connectivity index (χ2v) is 13.9. The van der Waals surface area contributed by atoms with Gasteiger partial charge in [-0.1, -0.05) is 32.0 Å². The van der Waals surface area contributed by atoms with E-state index in [1.54, 1.807) is 0 Å². The van der Waals surface area contributed by atoms with Gasteiger partial charge in [0.25, 0.3) is 0 Å². The molecular weight excluding hydrogens is 498 g/mol. The Morgan fingerprint density at radius 3 is 2.27 bits per heavy atom. The predicted molar refractivity (Wildman–Crippen MR) is 158 cm³/mol. The summed E-state index contributed by atoms with van der Waals surface area (Å²) in [5.41, 5.74) is 2.28. The number of hydrogen-bond acceptors (Lipinski definition) is 5. The molecule has 7 nitrogen and oxygen atoms in total. The van der Waals surface area contributed by atoms with Crippen molar-refractivity contribution in [2.24, 2.45) is 29.6 Å². The Kier molecular flexibility index (Phi) is 8.02. The van der Waals surface area contributed by atoms with Gasteiger partial charge in [-0.3, -0.25) is 14.5 Å². The largest absolute Gasteiger partial charge is 0.362 e. The van der Waals surface area contributed by atoms with Gasteiger partial charge in [-0.15, -0.1) is 0 Å². The smallest absolute Gasteiger partial charge is 0.234 e. The van der Waals surface area contributed by atoms with Crippen molar-refractivity contribution in [2.75, 3.05) is 31.5 Å². The molecule has 216 valence electrons. The highest BCUT2D eigenvalue weighted by atomic mass is 16.2. The number of carbonyl (C=O) groups excluding carboxylic acids is 2. The number of para-hydroxylation sites is 1. The first-order valence-corrected chi connectivity index (χ1v) is 15.8. The van der Waals surface area contributed by atoms with Gasteiger partial charge in [0.05, 0.1) is 18.8 Å². The molecule has 1 amide bonds. The van der Waals surface area contributed by atoms with Crippen molar-refractivity contribution in [3.05, 3.63) is 42.1 Å². The molecule has 1 aromatic carbocycles. The number of nitrogens with one attached hydrogen (secondary N) is 2. The number of rotatable bonds is 11. The van der Waals surface area contributed by atoms with Crippen LogP contribution in [0.2, 0.25) is 0 Å². The van der Waals surface area contributed by atoms with Crippen LogP contribution in [0.4, 0.5) is 5.82 Å². The van der Waals surface area contributed by atoms with Gasteiger partial charge in [0.15, 0.2) is 5.78 Å². The number of anilines is 1. The van der Waals surface area contributed by atoms with Gasteiger partial charge in [-0.05, 0) is 113 Å². The normalized spacial score (nSPS) is 28.2. The number of benzene rings is 1. The van der Waals surface area contributed by atoms with Crippen LogP contribution in [-0.2, 0) is 16.0 Å². The van der Waals surface area contributed by atoms with E-state index in [0.717, 1.165) is 67.3 Å². The van der Waals surface area contributed by atoms with E-state index in [1.165, 1.54) is 38.5 Å². The van der Waals surface area contributed by atoms with Crippen molar-refractivity contribution in [2.45, 2.75) is 83.6 Å². The van der Waals surface area contributed by atoms with E-state index in [-0.39, 0.29) is 17.2 Å². The van der Waals surface area contributed by atoms with Crippen molar-refractivity contribution in [3.63, 3.8) is 0 Å². The number of piperidine rings is 1. The molecule has 5 fully saturated rings. The van der Waals surface area contributed by atoms with E-state index < -0.39 is 0 Å². The average molecular weight is 546 g/mol. The predicted octanol–water partition coefficient (Wildman–Crippen LogP) is 5.24. The summed E-state index contributed by atoms with van der Waals surface area (Å²) in [7, 11) is 0. The third-order valence-electron chi connectivity index (χ3n) is 9.90. The average Bonchev–Trinajstić information content (AvgIpc) is 3.30. The Bertz CT molecular complexity index is 1150. The summed E-state index contributed by atoms with van der Waals surface area (Å²) in [5, 5.41) is 11.6. The Morgan fingerprint density at radius 1 is 1.00 bits per heavy atom. The fourth-order valence-corrected chi connectivity index (χ4v) is 8.60. The van der Waals surface area contributed by atoms with Crippen LogP contribution in [0.3, 0.4) is 0 Å². The Labute approximate surface area is 239 Å². The number of Topliss-reactive ketones (excluding diaryl/α,β-unsaturated/α-hetero) is 1. The second kappa shape index (κ2) is 11.7. The minimum absolute atomic E-state index is 0.0933. The standard InChI is InChI=1S/C33H47N5O2/c1-23(2)12-29-17-31(36-38(29)28-6-4-3-5-7-28)34-21-30(39)16-24-8-10-37(11-9-24)22-32(40)35-33-18-25-13-26(19-33)15-27(14-25)20-33/h3-7,17,23-27H,8-16,18-22H2,1-2H3,(H,34,36)(H,35,40). The molecule has 2 aromatic rings. The molecule has 5 aliphatic rings. The second-order valence-electron chi connectivity index (χ2n) is 13.9. The first-order chi connectivity index (χ1) is 19.3. The molecule has 40 heavy (non-hydrogen) atoms. The van der Waals surface area contributed by atoms with Gasteiger partial charge in [0.1, 0.15) is 5.82 Å². The zero-order valence-corrected chi connectivity index (χ0v) is 24.4. The number of carbonyl (C=O) groups is 2. The first kappa shape index (κ1) is 27.5. The van der Waals surface area contributed by atoms with Crippen LogP contribution in [0.1, 0.15) is 77.3 Å². The molecule has 1 aliphatic heterocycles. The maximum atomic E-state index is 13.0. The number of aromatic nitrogens is 2. The molecule has 0 atom stereocenters. The van der Waals surface area contributed by atoms with Gasteiger partial charge in [0.2, 0.25) is 5.91 Å². The lowest BCUT2D eigenvalue weighted by molar-refractivity contribution is -0.128. The lowest BCUT2D eigenvalue weighted by Crippen LogP contribution is -2.61. The molecular formula is C33H47N5O2. The van der Waals surface area contributed by atoms with Gasteiger partial charge in [0, 0.05) is 23.7 Å². The Hall–Kier alpha value is -2.67. The summed E-state index contributed by atoms with van der Waals surface area (Å²) in [4.78, 5) is 28.2. The Balaban J connectivity index is 0.939. The fraction of sp³-hybridized carbons (Fsp3) is 0.667. The molecule has 7 heteroatoms. The molecule has 4 aliphatic carbocycles. The SMILES string of the molecule is CC(C)Cc1cc(NCC(=O)CC2CCN(CC(=O)NC34CC5CC(CC(C5)C3)C4)CC2)nn1-c1ccccc1. The van der Waals surface area contributed by atoms with Crippen LogP contribution < -0.4 is 10.6 Å². The highest BCUT2D eigenvalue weighted by Crippen LogP contribution is 2.55. The van der Waals surface area contributed by atoms with E-state index in [4.69, 9.17) is 5.10 Å². The molecule has 4 saturated carbocycles. The van der Waals surface area contributed by atoms with E-state index in [9.17, 15) is 9.59 Å². The maximum Gasteiger partial charge on any atom is 0.234 e. The van der Waals surface area contributed by atoms with Gasteiger partial charge in [-0.25, -0.2) is 4.68 Å². The van der Waals surface area contributed by atoms with E-state index in [0.29, 0.717) is 31.3 Å². The fourth-order valence-electron chi connectivity index (χ4n) is 8.60. The van der Waals surface area contributed by atoms with Crippen LogP contribution in [0, 0.1) is 29.6 Å². The molecule has 0 spiro atoms. The van der Waals surface area contributed by atoms with Crippen LogP contribution in [0.5, 0.6) is 0 Å². The van der Waals surface area contributed by atoms with E-state index >= 15 is 0 Å². The third kappa shape index (κ3) is 6.45. The van der Waals surface area contributed by atoms with Crippen molar-refractivity contribution in [1.29, 1.82) is 0 Å². The molecule has 2 heterocycles. The first-order valence-electron chi connectivity index (χ1n) is 15.8. The molecule has 0 radical (unpaired) electrons. The van der Waals surface area contributed by atoms with Crippen molar-refractivity contribution >= 4 is 17.5 Å². The monoisotopic (exact) mass is 545 g/mol. The molecule has 1 saturated heterocycles. The molecule has 4 bridgehead atoms. The summed E-state index contributed by atoms with van der Waals surface area (Å²) in [6.07, 6.45) is 11.3. The van der Waals surface area contributed by atoms with E-state index in [2.05, 4.69) is 47.6 Å². The third-order valence-corrected chi connectivity index (χ3v) is 9.90. The molecule has 0 unspecified atom stereocenters. The number of nitrogens with zero attached hydrogens (tertiary/aromatic N) is 3. The van der Waals surface area contributed by atoms with Gasteiger partial charge >= 0.3 is 0 Å². The quantitative estimate of drug-likeness (QED) is 0.404. The summed E-state index contributed by atoms with van der Waals surface area (Å²) >= 11 is 0. The van der Waals surface area contributed by atoms with Crippen LogP contribution in [0.15, 0.2) is 36.4 Å². The number of likely N-dealkylation sites (tertiary alicyclic amines) is 1. The number of ketones is 1. The van der Waals surface area contributed by atoms with Gasteiger partial charge < -0.3 is 10.6 Å². The van der Waals surface area contributed by atoms with Gasteiger partial charge in [-0.2, -0.15) is 5.10 Å². The minimum Gasteiger partial charge on any atom is -0.362 e. The molecule has 7 rings (SSSR count). The Morgan fingerprint density at radius 2 is 1.65 bits per heavy atom. The van der Waals surface area contributed by atoms with E-state index in [1.807, 2.05) is 22.9 Å². The van der Waals surface area contributed by atoms with Crippen LogP contribution in [0.25, 0.3) is 5.69 Å². The van der Waals surface area contributed by atoms with Crippen molar-refractivity contribution < 1.29 is 9.59 Å². The summed E-state index contributed by atoms with van der Waals surface area (Å²) in [5.74, 6) is 4.65.